The van der Waals surface area contributed by atoms with Crippen LogP contribution in [0.3, 0.4) is 0 Å². The number of hydrogen-bond acceptors (Lipinski definition) is 13. The quantitative estimate of drug-likeness (QED) is 0.102. The average molecular weight is 924 g/mol. The first kappa shape index (κ1) is 45.0. The molecule has 5 aliphatic rings. The molecule has 5 aromatic rings. The minimum Gasteiger partial charge on any atom is -0.508 e. The molecule has 4 N–H and O–H groups in total. The Morgan fingerprint density at radius 3 is 2.35 bits per heavy atom. The Hall–Kier alpha value is -6.78. The van der Waals surface area contributed by atoms with E-state index in [2.05, 4.69) is 32.1 Å². The van der Waals surface area contributed by atoms with Gasteiger partial charge in [0, 0.05) is 73.1 Å². The highest BCUT2D eigenvalue weighted by Crippen LogP contribution is 2.42. The summed E-state index contributed by atoms with van der Waals surface area (Å²) in [6, 6.07) is 18.3. The summed E-state index contributed by atoms with van der Waals surface area (Å²) in [4.78, 5) is 51.5. The van der Waals surface area contributed by atoms with Crippen LogP contribution in [-0.2, 0) is 34.7 Å². The lowest BCUT2D eigenvalue weighted by molar-refractivity contribution is -0.172. The van der Waals surface area contributed by atoms with Crippen LogP contribution in [0, 0.1) is 5.92 Å². The first-order chi connectivity index (χ1) is 32.8. The Labute approximate surface area is 393 Å². The number of cyclic esters (lactones) is 1. The zero-order valence-corrected chi connectivity index (χ0v) is 38.9. The smallest absolute Gasteiger partial charge is 0.415 e. The lowest BCUT2D eigenvalue weighted by Gasteiger charge is -2.37. The van der Waals surface area contributed by atoms with Crippen molar-refractivity contribution in [2.45, 2.75) is 90.4 Å². The Balaban J connectivity index is 0.714. The number of piperazine rings is 1. The summed E-state index contributed by atoms with van der Waals surface area (Å²) in [5.41, 5.74) is 5.59. The van der Waals surface area contributed by atoms with Gasteiger partial charge in [-0.3, -0.25) is 9.69 Å². The highest BCUT2D eigenvalue weighted by molar-refractivity contribution is 6.20. The molecule has 2 unspecified atom stereocenters. The summed E-state index contributed by atoms with van der Waals surface area (Å²) in [5, 5.41) is 52.2. The van der Waals surface area contributed by atoms with Crippen LogP contribution in [0.15, 0.2) is 75.7 Å². The van der Waals surface area contributed by atoms with E-state index in [-0.39, 0.29) is 59.1 Å². The van der Waals surface area contributed by atoms with Crippen molar-refractivity contribution in [2.24, 2.45) is 16.1 Å². The summed E-state index contributed by atoms with van der Waals surface area (Å²) in [6.45, 7) is 13.7. The Bertz CT molecular complexity index is 2970. The van der Waals surface area contributed by atoms with E-state index in [1.807, 2.05) is 45.0 Å². The predicted molar refractivity (Wildman–Crippen MR) is 257 cm³/mol. The number of aliphatic hydroxyl groups is 2. The molecule has 68 heavy (non-hydrogen) atoms. The van der Waals surface area contributed by atoms with Crippen LogP contribution in [0.1, 0.15) is 104 Å². The molecule has 16 nitrogen and oxygen atoms in total. The van der Waals surface area contributed by atoms with E-state index in [0.29, 0.717) is 71.5 Å². The molecule has 0 aliphatic carbocycles. The van der Waals surface area contributed by atoms with Gasteiger partial charge in [0.25, 0.3) is 5.56 Å². The number of esters is 1. The molecule has 10 rings (SSSR count). The number of amides is 1. The third-order valence-corrected chi connectivity index (χ3v) is 14.9. The fraction of sp³-hybridized carbons (Fsp3) is 0.423. The van der Waals surface area contributed by atoms with Gasteiger partial charge in [0.1, 0.15) is 29.8 Å². The van der Waals surface area contributed by atoms with Crippen LogP contribution in [0.2, 0.25) is 0 Å². The maximum Gasteiger partial charge on any atom is 0.415 e. The van der Waals surface area contributed by atoms with Crippen LogP contribution < -0.4 is 15.2 Å². The molecule has 7 heterocycles. The van der Waals surface area contributed by atoms with E-state index in [1.54, 1.807) is 34.6 Å². The van der Waals surface area contributed by atoms with Gasteiger partial charge >= 0.3 is 12.1 Å². The van der Waals surface area contributed by atoms with Gasteiger partial charge in [0.15, 0.2) is 5.60 Å². The van der Waals surface area contributed by atoms with Gasteiger partial charge in [0.05, 0.1) is 34.7 Å². The molecule has 0 radical (unpaired) electrons. The number of anilines is 1. The first-order valence-corrected chi connectivity index (χ1v) is 23.8. The third-order valence-electron chi connectivity index (χ3n) is 14.9. The molecule has 3 aromatic carbocycles. The summed E-state index contributed by atoms with van der Waals surface area (Å²) in [6.07, 6.45) is 3.23. The second-order valence-corrected chi connectivity index (χ2v) is 19.0. The van der Waals surface area contributed by atoms with Crippen molar-refractivity contribution in [2.75, 3.05) is 50.7 Å². The number of aliphatic hydroxyl groups excluding tert-OH is 1. The van der Waals surface area contributed by atoms with E-state index in [0.717, 1.165) is 79.8 Å². The lowest BCUT2D eigenvalue weighted by Crippen LogP contribution is -2.47. The van der Waals surface area contributed by atoms with Gasteiger partial charge in [-0.2, -0.15) is 5.10 Å². The number of nitrogens with zero attached hydrogens (tertiary/aromatic N) is 7. The Morgan fingerprint density at radius 2 is 1.65 bits per heavy atom. The molecule has 2 aromatic heterocycles. The molecule has 354 valence electrons. The normalized spacial score (nSPS) is 20.6. The Kier molecular flexibility index (Phi) is 11.7. The van der Waals surface area contributed by atoms with Crippen molar-refractivity contribution in [1.29, 1.82) is 0 Å². The number of carbonyl (C=O) groups is 2. The molecule has 0 saturated carbocycles. The van der Waals surface area contributed by atoms with Gasteiger partial charge in [-0.1, -0.05) is 39.8 Å². The highest BCUT2D eigenvalue weighted by Gasteiger charge is 2.45. The predicted octanol–water partition coefficient (Wildman–Crippen LogP) is 7.06. The molecule has 5 aliphatic heterocycles. The highest BCUT2D eigenvalue weighted by atomic mass is 16.6. The summed E-state index contributed by atoms with van der Waals surface area (Å²) < 4.78 is 12.8. The number of fused-ring (bicyclic) bond motifs is 5. The second-order valence-electron chi connectivity index (χ2n) is 19.0. The van der Waals surface area contributed by atoms with E-state index in [1.165, 1.54) is 6.07 Å². The van der Waals surface area contributed by atoms with Crippen LogP contribution in [-0.4, -0.2) is 109 Å². The summed E-state index contributed by atoms with van der Waals surface area (Å²) >= 11 is 0. The number of benzene rings is 3. The number of phenols is 2. The van der Waals surface area contributed by atoms with Crippen molar-refractivity contribution in [3.8, 4) is 28.6 Å². The van der Waals surface area contributed by atoms with Gasteiger partial charge in [-0.05, 0) is 110 Å². The van der Waals surface area contributed by atoms with Crippen LogP contribution in [0.4, 0.5) is 10.5 Å². The van der Waals surface area contributed by atoms with E-state index >= 15 is 0 Å². The molecule has 2 fully saturated rings. The van der Waals surface area contributed by atoms with Crippen molar-refractivity contribution in [3.05, 3.63) is 110 Å². The standard InChI is InChI=1S/C52H57N7O9/c1-5-34-36-23-33(11-12-41(36)53-46-38(34)27-59-42(46)25-40-39(49(59)63)28-67-50(64)52(40,66)6-2)68-51(65)58-17-14-30(15-18-58)13-16-56-19-21-57(22-20-56)32-9-7-31(8-10-32)45-47(54-55-48(45)62)37-24-35(29(3)4)43(60)26-44(37)61/h7-12,23-26,29-30,45,60-61,66H,5-6,13-22,27-28H2,1-4H3,(H,55,62). The number of aryl methyl sites for hydroxylation is 1. The first-order valence-electron chi connectivity index (χ1n) is 23.8. The van der Waals surface area contributed by atoms with E-state index in [4.69, 9.17) is 14.5 Å². The molecule has 16 heteroatoms. The fourth-order valence-corrected chi connectivity index (χ4v) is 10.8. The Morgan fingerprint density at radius 1 is 0.897 bits per heavy atom. The molecular formula is C52H57N7O9. The van der Waals surface area contributed by atoms with Crippen LogP contribution in [0.5, 0.6) is 17.2 Å². The molecule has 2 saturated heterocycles. The zero-order valence-electron chi connectivity index (χ0n) is 38.9. The fourth-order valence-electron chi connectivity index (χ4n) is 10.8. The number of ether oxygens (including phenoxy) is 2. The summed E-state index contributed by atoms with van der Waals surface area (Å²) in [5.74, 6) is -0.660. The molecule has 0 spiro atoms. The average Bonchev–Trinajstić information content (AvgIpc) is 3.91. The van der Waals surface area contributed by atoms with Gasteiger partial charge < -0.3 is 44.3 Å². The number of pyridine rings is 2. The minimum atomic E-state index is -1.90. The molecule has 0 bridgehead atoms. The molecule has 2 atom stereocenters. The number of carbonyl (C=O) groups excluding carboxylic acids is 2. The van der Waals surface area contributed by atoms with Crippen molar-refractivity contribution in [3.63, 3.8) is 0 Å². The second kappa shape index (κ2) is 17.7. The number of aromatic hydroxyl groups is 2. The van der Waals surface area contributed by atoms with Crippen LogP contribution >= 0.6 is 0 Å². The van der Waals surface area contributed by atoms with E-state index < -0.39 is 17.5 Å². The zero-order chi connectivity index (χ0) is 47.6. The number of hydrogen-bond donors (Lipinski definition) is 4. The van der Waals surface area contributed by atoms with E-state index in [9.17, 15) is 34.8 Å². The van der Waals surface area contributed by atoms with Crippen LogP contribution in [0.25, 0.3) is 22.3 Å². The largest absolute Gasteiger partial charge is 0.508 e. The number of phenolic OH excluding ortho intramolecular Hbond substituents is 2. The lowest BCUT2D eigenvalue weighted by atomic mass is 9.86. The molecular weight excluding hydrogens is 867 g/mol. The maximum atomic E-state index is 13.7. The minimum absolute atomic E-state index is 0.0152. The van der Waals surface area contributed by atoms with Crippen molar-refractivity contribution in [1.82, 2.24) is 19.4 Å². The van der Waals surface area contributed by atoms with Crippen molar-refractivity contribution < 1.29 is 39.5 Å². The topological polar surface area (TPSA) is 203 Å². The summed E-state index contributed by atoms with van der Waals surface area (Å²) in [7, 11) is 0. The molecule has 1 amide bonds. The van der Waals surface area contributed by atoms with Gasteiger partial charge in [-0.15, -0.1) is 5.10 Å². The SMILES string of the molecule is CCc1c2c(nc3ccc(OC(=O)N4CCC(CCN5CCN(c6ccc(C7C(O)=NN=C7c7cc(C(C)C)c(O)cc7O)cc6)CC5)CC4)cc13)-c1cc3c(c(=O)n1C2)COC(=O)C3(O)CC. The van der Waals surface area contributed by atoms with Gasteiger partial charge in [-0.25, -0.2) is 14.6 Å². The number of likely N-dealkylation sites (tertiary alicyclic amines) is 1. The monoisotopic (exact) mass is 923 g/mol. The van der Waals surface area contributed by atoms with Crippen molar-refractivity contribution >= 4 is 40.3 Å². The van der Waals surface area contributed by atoms with Gasteiger partial charge in [0.2, 0.25) is 5.90 Å². The number of piperidine rings is 1. The number of aromatic nitrogens is 2. The maximum absolute atomic E-state index is 13.7. The number of rotatable bonds is 10. The third kappa shape index (κ3) is 7.82.